The van der Waals surface area contributed by atoms with Crippen LogP contribution in [0.25, 0.3) is 6.08 Å². The van der Waals surface area contributed by atoms with Gasteiger partial charge in [0.2, 0.25) is 0 Å². The zero-order chi connectivity index (χ0) is 17.8. The van der Waals surface area contributed by atoms with Gasteiger partial charge in [-0.25, -0.2) is 0 Å². The van der Waals surface area contributed by atoms with E-state index in [0.717, 1.165) is 42.6 Å². The summed E-state index contributed by atoms with van der Waals surface area (Å²) in [5.41, 5.74) is 4.35. The largest absolute Gasteiger partial charge is 0.508 e. The molecule has 1 aliphatic carbocycles. The summed E-state index contributed by atoms with van der Waals surface area (Å²) in [4.78, 5) is 14.9. The number of benzene rings is 2. The minimum Gasteiger partial charge on any atom is -0.508 e. The van der Waals surface area contributed by atoms with Gasteiger partial charge < -0.3 is 10.0 Å². The van der Waals surface area contributed by atoms with Crippen LogP contribution in [0, 0.1) is 0 Å². The molecule has 0 aliphatic heterocycles. The summed E-state index contributed by atoms with van der Waals surface area (Å²) in [6.45, 7) is 6.50. The minimum absolute atomic E-state index is 0.0218. The molecule has 1 N–H and O–H groups in total. The average Bonchev–Trinajstić information content (AvgIpc) is 2.93. The van der Waals surface area contributed by atoms with Gasteiger partial charge in [0, 0.05) is 41.9 Å². The Hall–Kier alpha value is -2.55. The molecule has 0 saturated heterocycles. The molecule has 25 heavy (non-hydrogen) atoms. The Morgan fingerprint density at radius 3 is 2.32 bits per heavy atom. The maximum atomic E-state index is 12.5. The van der Waals surface area contributed by atoms with Crippen molar-refractivity contribution in [1.82, 2.24) is 0 Å². The van der Waals surface area contributed by atoms with E-state index in [4.69, 9.17) is 0 Å². The molecule has 0 unspecified atom stereocenters. The van der Waals surface area contributed by atoms with Gasteiger partial charge in [-0.3, -0.25) is 4.79 Å². The number of hydrogen-bond donors (Lipinski definition) is 1. The van der Waals surface area contributed by atoms with Gasteiger partial charge in [-0.15, -0.1) is 0 Å². The van der Waals surface area contributed by atoms with Crippen LogP contribution in [-0.4, -0.2) is 24.0 Å². The van der Waals surface area contributed by atoms with Crippen molar-refractivity contribution in [3.8, 4) is 5.75 Å². The predicted molar refractivity (Wildman–Crippen MR) is 103 cm³/mol. The van der Waals surface area contributed by atoms with Gasteiger partial charge in [-0.05, 0) is 42.7 Å². The molecule has 0 spiro atoms. The lowest BCUT2D eigenvalue weighted by Gasteiger charge is -2.23. The Morgan fingerprint density at radius 1 is 1.04 bits per heavy atom. The van der Waals surface area contributed by atoms with E-state index in [-0.39, 0.29) is 11.5 Å². The molecule has 0 radical (unpaired) electrons. The highest BCUT2D eigenvalue weighted by Gasteiger charge is 2.26. The first-order valence-corrected chi connectivity index (χ1v) is 9.05. The Morgan fingerprint density at radius 2 is 1.72 bits per heavy atom. The van der Waals surface area contributed by atoms with Gasteiger partial charge in [-0.2, -0.15) is 0 Å². The van der Waals surface area contributed by atoms with Gasteiger partial charge in [0.05, 0.1) is 0 Å². The third-order valence-electron chi connectivity index (χ3n) is 4.64. The molecule has 3 rings (SSSR count). The Bertz CT molecular complexity index is 784. The van der Waals surface area contributed by atoms with E-state index in [0.29, 0.717) is 12.0 Å². The fourth-order valence-corrected chi connectivity index (χ4v) is 3.43. The Kier molecular flexibility index (Phi) is 5.22. The van der Waals surface area contributed by atoms with Crippen LogP contribution < -0.4 is 4.90 Å². The molecule has 0 atom stereocenters. The normalized spacial score (nSPS) is 14.8. The monoisotopic (exact) mass is 335 g/mol. The van der Waals surface area contributed by atoms with Crippen LogP contribution in [-0.2, 0) is 6.42 Å². The Labute approximate surface area is 149 Å². The molecule has 1 aliphatic rings. The Balaban J connectivity index is 1.81. The molecular formula is C22H25NO2. The zero-order valence-corrected chi connectivity index (χ0v) is 15.0. The summed E-state index contributed by atoms with van der Waals surface area (Å²) >= 11 is 0. The first kappa shape index (κ1) is 17.3. The van der Waals surface area contributed by atoms with Crippen molar-refractivity contribution in [3.05, 3.63) is 64.7 Å². The van der Waals surface area contributed by atoms with Crippen molar-refractivity contribution in [2.75, 3.05) is 18.0 Å². The second-order valence-corrected chi connectivity index (χ2v) is 6.56. The van der Waals surface area contributed by atoms with Crippen molar-refractivity contribution in [2.45, 2.75) is 33.1 Å². The minimum atomic E-state index is 0.0218. The number of ketones is 1. The second-order valence-electron chi connectivity index (χ2n) is 6.56. The second kappa shape index (κ2) is 7.56. The van der Waals surface area contributed by atoms with E-state index in [9.17, 15) is 9.90 Å². The summed E-state index contributed by atoms with van der Waals surface area (Å²) in [5.74, 6) is 0.230. The molecule has 0 bridgehead atoms. The van der Waals surface area contributed by atoms with Crippen LogP contribution in [0.2, 0.25) is 0 Å². The molecule has 0 amide bonds. The number of nitrogens with zero attached hydrogens (tertiary/aromatic N) is 1. The van der Waals surface area contributed by atoms with Crippen molar-refractivity contribution < 1.29 is 9.90 Å². The quantitative estimate of drug-likeness (QED) is 0.768. The van der Waals surface area contributed by atoms with Crippen LogP contribution in [0.15, 0.2) is 48.0 Å². The predicted octanol–water partition coefficient (Wildman–Crippen LogP) is 4.84. The van der Waals surface area contributed by atoms with Crippen molar-refractivity contribution >= 4 is 17.5 Å². The van der Waals surface area contributed by atoms with E-state index >= 15 is 0 Å². The molecule has 130 valence electrons. The lowest BCUT2D eigenvalue weighted by Crippen LogP contribution is -2.24. The van der Waals surface area contributed by atoms with Crippen molar-refractivity contribution in [3.63, 3.8) is 0 Å². The topological polar surface area (TPSA) is 40.5 Å². The van der Waals surface area contributed by atoms with Crippen molar-refractivity contribution in [1.29, 1.82) is 0 Å². The number of carbonyl (C=O) groups excluding carboxylic acids is 1. The number of Topliss-reactive ketones (excluding diaryl/α,β-unsaturated/α-hetero) is 1. The number of hydrogen-bond acceptors (Lipinski definition) is 3. The molecule has 3 heteroatoms. The van der Waals surface area contributed by atoms with E-state index in [1.54, 1.807) is 18.2 Å². The lowest BCUT2D eigenvalue weighted by atomic mass is 10.1. The fourth-order valence-electron chi connectivity index (χ4n) is 3.43. The van der Waals surface area contributed by atoms with Crippen LogP contribution in [0.1, 0.15) is 48.2 Å². The third kappa shape index (κ3) is 3.60. The maximum absolute atomic E-state index is 12.5. The first-order chi connectivity index (χ1) is 12.1. The van der Waals surface area contributed by atoms with E-state index in [1.165, 1.54) is 5.69 Å². The van der Waals surface area contributed by atoms with Crippen LogP contribution >= 0.6 is 0 Å². The van der Waals surface area contributed by atoms with Crippen molar-refractivity contribution in [2.24, 2.45) is 0 Å². The first-order valence-electron chi connectivity index (χ1n) is 9.05. The third-order valence-corrected chi connectivity index (χ3v) is 4.64. The highest BCUT2D eigenvalue weighted by Crippen LogP contribution is 2.33. The molecule has 2 aromatic rings. The van der Waals surface area contributed by atoms with Crippen LogP contribution in [0.4, 0.5) is 5.69 Å². The van der Waals surface area contributed by atoms with Gasteiger partial charge in [-0.1, -0.05) is 38.1 Å². The smallest absolute Gasteiger partial charge is 0.189 e. The van der Waals surface area contributed by atoms with Crippen LogP contribution in [0.5, 0.6) is 5.75 Å². The molecular weight excluding hydrogens is 310 g/mol. The summed E-state index contributed by atoms with van der Waals surface area (Å²) < 4.78 is 0. The summed E-state index contributed by atoms with van der Waals surface area (Å²) in [5, 5.41) is 9.95. The summed E-state index contributed by atoms with van der Waals surface area (Å²) in [7, 11) is 0. The highest BCUT2D eigenvalue weighted by atomic mass is 16.3. The van der Waals surface area contributed by atoms with E-state index in [2.05, 4.69) is 43.0 Å². The fraction of sp³-hybridized carbons (Fsp3) is 0.318. The van der Waals surface area contributed by atoms with Gasteiger partial charge in [0.25, 0.3) is 0 Å². The average molecular weight is 335 g/mol. The molecule has 0 fully saturated rings. The molecule has 3 nitrogen and oxygen atoms in total. The standard InChI is InChI=1S/C22H25NO2/c1-3-12-23(13-4-2)18-10-8-16(9-11-18)14-17-15-20-19(22(17)25)6-5-7-21(20)24/h5-11,14,24H,3-4,12-13,15H2,1-2H3/b17-14+. The van der Waals surface area contributed by atoms with Gasteiger partial charge >= 0.3 is 0 Å². The van der Waals surface area contributed by atoms with Gasteiger partial charge in [0.15, 0.2) is 5.78 Å². The number of allylic oxidation sites excluding steroid dienone is 1. The number of anilines is 1. The van der Waals surface area contributed by atoms with E-state index in [1.807, 2.05) is 6.08 Å². The number of phenols is 1. The maximum Gasteiger partial charge on any atom is 0.189 e. The summed E-state index contributed by atoms with van der Waals surface area (Å²) in [6.07, 6.45) is 4.69. The molecule has 0 heterocycles. The number of fused-ring (bicyclic) bond motifs is 1. The number of aromatic hydroxyl groups is 1. The summed E-state index contributed by atoms with van der Waals surface area (Å²) in [6, 6.07) is 13.5. The van der Waals surface area contributed by atoms with Gasteiger partial charge in [0.1, 0.15) is 5.75 Å². The highest BCUT2D eigenvalue weighted by molar-refractivity contribution is 6.16. The number of rotatable bonds is 6. The lowest BCUT2D eigenvalue weighted by molar-refractivity contribution is 0.104. The number of phenolic OH excluding ortho intramolecular Hbond substituents is 1. The van der Waals surface area contributed by atoms with Crippen LogP contribution in [0.3, 0.4) is 0 Å². The molecule has 0 aromatic heterocycles. The molecule has 0 saturated carbocycles. The SMILES string of the molecule is CCCN(CCC)c1ccc(/C=C2\Cc3c(O)cccc3C2=O)cc1. The van der Waals surface area contributed by atoms with E-state index < -0.39 is 0 Å². The molecule has 2 aromatic carbocycles. The zero-order valence-electron chi connectivity index (χ0n) is 15.0. The number of carbonyl (C=O) groups is 1.